The van der Waals surface area contributed by atoms with Gasteiger partial charge in [0.1, 0.15) is 0 Å². The van der Waals surface area contributed by atoms with Gasteiger partial charge < -0.3 is 15.2 Å². The Morgan fingerprint density at radius 1 is 1.56 bits per heavy atom. The van der Waals surface area contributed by atoms with Crippen molar-refractivity contribution in [3.05, 3.63) is 34.9 Å². The van der Waals surface area contributed by atoms with Crippen LogP contribution < -0.4 is 5.73 Å². The van der Waals surface area contributed by atoms with E-state index in [9.17, 15) is 0 Å². The van der Waals surface area contributed by atoms with Gasteiger partial charge in [0.15, 0.2) is 0 Å². The fourth-order valence-electron chi connectivity index (χ4n) is 2.22. The third kappa shape index (κ3) is 3.69. The highest BCUT2D eigenvalue weighted by atomic mass is 35.5. The highest BCUT2D eigenvalue weighted by molar-refractivity contribution is 6.30. The lowest BCUT2D eigenvalue weighted by molar-refractivity contribution is -0.0286. The average molecular weight is 270 g/mol. The van der Waals surface area contributed by atoms with Gasteiger partial charge in [-0.25, -0.2) is 0 Å². The Morgan fingerprint density at radius 2 is 2.39 bits per heavy atom. The quantitative estimate of drug-likeness (QED) is 0.894. The minimum Gasteiger partial charge on any atom is -0.376 e. The molecule has 1 saturated heterocycles. The Bertz CT molecular complexity index is 378. The van der Waals surface area contributed by atoms with Gasteiger partial charge in [-0.05, 0) is 37.5 Å². The van der Waals surface area contributed by atoms with Crippen LogP contribution in [-0.2, 0) is 9.47 Å². The maximum Gasteiger partial charge on any atom is 0.0974 e. The maximum atomic E-state index is 6.00. The molecule has 3 atom stereocenters. The first-order chi connectivity index (χ1) is 8.66. The molecule has 1 heterocycles. The van der Waals surface area contributed by atoms with E-state index >= 15 is 0 Å². The first-order valence-corrected chi connectivity index (χ1v) is 6.79. The number of hydrogen-bond donors (Lipinski definition) is 1. The van der Waals surface area contributed by atoms with E-state index in [0.717, 1.165) is 25.0 Å². The van der Waals surface area contributed by atoms with Gasteiger partial charge in [-0.3, -0.25) is 0 Å². The van der Waals surface area contributed by atoms with Crippen LogP contribution >= 0.6 is 11.6 Å². The van der Waals surface area contributed by atoms with Gasteiger partial charge in [0, 0.05) is 17.7 Å². The fourth-order valence-corrected chi connectivity index (χ4v) is 2.42. The number of ether oxygens (including phenoxy) is 2. The first kappa shape index (κ1) is 13.8. The van der Waals surface area contributed by atoms with Crippen LogP contribution in [0.4, 0.5) is 0 Å². The summed E-state index contributed by atoms with van der Waals surface area (Å²) < 4.78 is 11.5. The van der Waals surface area contributed by atoms with Crippen LogP contribution in [0.25, 0.3) is 0 Å². The number of benzene rings is 1. The molecule has 0 saturated carbocycles. The van der Waals surface area contributed by atoms with E-state index in [1.54, 1.807) is 0 Å². The molecular weight excluding hydrogens is 250 g/mol. The Labute approximate surface area is 113 Å². The molecule has 3 nitrogen and oxygen atoms in total. The molecule has 2 N–H and O–H groups in total. The number of halogens is 1. The second-order valence-electron chi connectivity index (χ2n) is 4.80. The topological polar surface area (TPSA) is 44.5 Å². The van der Waals surface area contributed by atoms with Crippen LogP contribution in [0.15, 0.2) is 24.3 Å². The summed E-state index contributed by atoms with van der Waals surface area (Å²) in [7, 11) is 0. The monoisotopic (exact) mass is 269 g/mol. The predicted octanol–water partition coefficient (Wildman–Crippen LogP) is 2.92. The van der Waals surface area contributed by atoms with Crippen molar-refractivity contribution in [3.8, 4) is 0 Å². The molecule has 0 aromatic heterocycles. The maximum absolute atomic E-state index is 6.00. The molecule has 0 aliphatic carbocycles. The molecule has 0 amide bonds. The second-order valence-corrected chi connectivity index (χ2v) is 5.24. The number of hydrogen-bond acceptors (Lipinski definition) is 3. The van der Waals surface area contributed by atoms with Crippen LogP contribution in [0.5, 0.6) is 0 Å². The van der Waals surface area contributed by atoms with Crippen molar-refractivity contribution in [2.75, 3.05) is 13.2 Å². The summed E-state index contributed by atoms with van der Waals surface area (Å²) in [6.07, 6.45) is 2.27. The first-order valence-electron chi connectivity index (χ1n) is 6.41. The zero-order valence-electron chi connectivity index (χ0n) is 10.6. The van der Waals surface area contributed by atoms with Gasteiger partial charge in [-0.15, -0.1) is 0 Å². The third-order valence-corrected chi connectivity index (χ3v) is 3.38. The molecule has 0 spiro atoms. The molecule has 1 aromatic rings. The van der Waals surface area contributed by atoms with Crippen molar-refractivity contribution >= 4 is 11.6 Å². The Balaban J connectivity index is 1.99. The molecule has 1 aliphatic heterocycles. The normalized spacial score (nSPS) is 22.9. The zero-order chi connectivity index (χ0) is 13.0. The lowest BCUT2D eigenvalue weighted by Gasteiger charge is -2.23. The van der Waals surface area contributed by atoms with E-state index in [1.165, 1.54) is 0 Å². The Hall–Kier alpha value is -0.610. The van der Waals surface area contributed by atoms with E-state index in [0.29, 0.717) is 11.6 Å². The minimum absolute atomic E-state index is 0.0788. The zero-order valence-corrected chi connectivity index (χ0v) is 11.4. The molecule has 0 bridgehead atoms. The van der Waals surface area contributed by atoms with Crippen molar-refractivity contribution in [2.24, 2.45) is 5.73 Å². The summed E-state index contributed by atoms with van der Waals surface area (Å²) in [5, 5.41) is 0.707. The summed E-state index contributed by atoms with van der Waals surface area (Å²) in [4.78, 5) is 0. The molecule has 2 rings (SSSR count). The lowest BCUT2D eigenvalue weighted by Crippen LogP contribution is -2.29. The lowest BCUT2D eigenvalue weighted by atomic mass is 10.0. The van der Waals surface area contributed by atoms with E-state index in [1.807, 2.05) is 31.2 Å². The summed E-state index contributed by atoms with van der Waals surface area (Å²) >= 11 is 6.00. The molecule has 1 fully saturated rings. The fraction of sp³-hybridized carbons (Fsp3) is 0.571. The second kappa shape index (κ2) is 6.53. The van der Waals surface area contributed by atoms with Gasteiger partial charge in [-0.2, -0.15) is 0 Å². The summed E-state index contributed by atoms with van der Waals surface area (Å²) in [6.45, 7) is 3.38. The van der Waals surface area contributed by atoms with Crippen molar-refractivity contribution < 1.29 is 9.47 Å². The summed E-state index contributed by atoms with van der Waals surface area (Å²) in [5.41, 5.74) is 7.02. The Kier molecular flexibility index (Phi) is 5.01. The molecule has 4 heteroatoms. The van der Waals surface area contributed by atoms with Crippen molar-refractivity contribution in [2.45, 2.75) is 38.0 Å². The van der Waals surface area contributed by atoms with Crippen LogP contribution in [-0.4, -0.2) is 25.4 Å². The van der Waals surface area contributed by atoms with E-state index in [2.05, 4.69) is 0 Å². The van der Waals surface area contributed by atoms with Crippen molar-refractivity contribution in [1.82, 2.24) is 0 Å². The highest BCUT2D eigenvalue weighted by Gasteiger charge is 2.21. The summed E-state index contributed by atoms with van der Waals surface area (Å²) in [6, 6.07) is 7.59. The smallest absolute Gasteiger partial charge is 0.0974 e. The predicted molar refractivity (Wildman–Crippen MR) is 72.8 cm³/mol. The molecular formula is C14H20ClNO2. The van der Waals surface area contributed by atoms with Gasteiger partial charge in [-0.1, -0.05) is 23.7 Å². The third-order valence-electron chi connectivity index (χ3n) is 3.14. The standard InChI is InChI=1S/C14H20ClNO2/c1-10(16)14(11-4-2-5-12(15)8-11)18-9-13-6-3-7-17-13/h2,4-5,8,10,13-14H,3,6-7,9,16H2,1H3. The van der Waals surface area contributed by atoms with Gasteiger partial charge in [0.25, 0.3) is 0 Å². The van der Waals surface area contributed by atoms with Crippen LogP contribution in [0.2, 0.25) is 5.02 Å². The molecule has 1 aliphatic rings. The van der Waals surface area contributed by atoms with E-state index < -0.39 is 0 Å². The van der Waals surface area contributed by atoms with E-state index in [-0.39, 0.29) is 18.2 Å². The molecule has 0 radical (unpaired) electrons. The number of nitrogens with two attached hydrogens (primary N) is 1. The van der Waals surface area contributed by atoms with Crippen molar-refractivity contribution in [1.29, 1.82) is 0 Å². The average Bonchev–Trinajstić information content (AvgIpc) is 2.82. The Morgan fingerprint density at radius 3 is 3.00 bits per heavy atom. The highest BCUT2D eigenvalue weighted by Crippen LogP contribution is 2.24. The van der Waals surface area contributed by atoms with E-state index in [4.69, 9.17) is 26.8 Å². The molecule has 3 unspecified atom stereocenters. The van der Waals surface area contributed by atoms with Crippen LogP contribution in [0, 0.1) is 0 Å². The van der Waals surface area contributed by atoms with Gasteiger partial charge >= 0.3 is 0 Å². The number of rotatable bonds is 5. The minimum atomic E-state index is -0.132. The van der Waals surface area contributed by atoms with Gasteiger partial charge in [0.05, 0.1) is 18.8 Å². The largest absolute Gasteiger partial charge is 0.376 e. The molecule has 1 aromatic carbocycles. The van der Waals surface area contributed by atoms with Crippen LogP contribution in [0.3, 0.4) is 0 Å². The molecule has 100 valence electrons. The molecule has 18 heavy (non-hydrogen) atoms. The van der Waals surface area contributed by atoms with Crippen LogP contribution in [0.1, 0.15) is 31.4 Å². The SMILES string of the molecule is CC(N)C(OCC1CCCO1)c1cccc(Cl)c1. The van der Waals surface area contributed by atoms with Gasteiger partial charge in [0.2, 0.25) is 0 Å². The van der Waals surface area contributed by atoms with Crippen molar-refractivity contribution in [3.63, 3.8) is 0 Å². The summed E-state index contributed by atoms with van der Waals surface area (Å²) in [5.74, 6) is 0.